The minimum Gasteiger partial charge on any atom is -0.383 e. The summed E-state index contributed by atoms with van der Waals surface area (Å²) >= 11 is 0. The zero-order valence-corrected chi connectivity index (χ0v) is 15.7. The number of aliphatic imine (C=N–C) groups is 2. The van der Waals surface area contributed by atoms with Crippen LogP contribution in [0.5, 0.6) is 0 Å². The fourth-order valence-electron chi connectivity index (χ4n) is 3.78. The maximum absolute atomic E-state index is 9.69. The molecule has 0 fully saturated rings. The Morgan fingerprint density at radius 1 is 0.800 bits per heavy atom. The number of benzene rings is 3. The van der Waals surface area contributed by atoms with Crippen LogP contribution in [-0.4, -0.2) is 16.7 Å². The van der Waals surface area contributed by atoms with Gasteiger partial charge in [-0.05, 0) is 12.1 Å². The molecule has 0 saturated carbocycles. The van der Waals surface area contributed by atoms with Crippen molar-refractivity contribution >= 4 is 28.3 Å². The quantitative estimate of drug-likeness (QED) is 0.533. The summed E-state index contributed by atoms with van der Waals surface area (Å²) in [6.45, 7) is 0. The predicted octanol–water partition coefficient (Wildman–Crippen LogP) is 4.38. The van der Waals surface area contributed by atoms with Crippen LogP contribution in [0.4, 0.5) is 5.82 Å². The highest BCUT2D eigenvalue weighted by Gasteiger charge is 2.21. The Bertz CT molecular complexity index is 1470. The number of nitrogens with one attached hydrogen (secondary N) is 1. The SMILES string of the molecule is N#Cc1ccccc1-c1[nH]c(/N=C2\N=C(N)c3ccccc32)c2c(C#N)cccc12. The average Bonchev–Trinajstić information content (AvgIpc) is 3.32. The van der Waals surface area contributed by atoms with E-state index in [1.165, 1.54) is 0 Å². The second-order valence-electron chi connectivity index (χ2n) is 6.82. The smallest absolute Gasteiger partial charge is 0.164 e. The summed E-state index contributed by atoms with van der Waals surface area (Å²) in [5, 5.41) is 20.7. The Labute approximate surface area is 172 Å². The van der Waals surface area contributed by atoms with Crippen molar-refractivity contribution < 1.29 is 0 Å². The van der Waals surface area contributed by atoms with Crippen molar-refractivity contribution in [3.63, 3.8) is 0 Å². The molecule has 3 N–H and O–H groups in total. The Hall–Kier alpha value is -4.68. The molecule has 0 spiro atoms. The second-order valence-corrected chi connectivity index (χ2v) is 6.82. The van der Waals surface area contributed by atoms with Crippen LogP contribution in [0.15, 0.2) is 76.7 Å². The molecule has 0 radical (unpaired) electrons. The fourth-order valence-corrected chi connectivity index (χ4v) is 3.78. The topological polar surface area (TPSA) is 114 Å². The van der Waals surface area contributed by atoms with Gasteiger partial charge >= 0.3 is 0 Å². The number of nitrogens with two attached hydrogens (primary N) is 1. The molecule has 6 heteroatoms. The van der Waals surface area contributed by atoms with E-state index in [4.69, 9.17) is 10.7 Å². The van der Waals surface area contributed by atoms with Crippen LogP contribution in [0.25, 0.3) is 22.0 Å². The lowest BCUT2D eigenvalue weighted by atomic mass is 10.0. The summed E-state index contributed by atoms with van der Waals surface area (Å²) in [7, 11) is 0. The highest BCUT2D eigenvalue weighted by molar-refractivity contribution is 6.23. The molecule has 2 heterocycles. The van der Waals surface area contributed by atoms with Gasteiger partial charge in [-0.15, -0.1) is 0 Å². The van der Waals surface area contributed by atoms with Crippen LogP contribution in [0, 0.1) is 22.7 Å². The summed E-state index contributed by atoms with van der Waals surface area (Å²) in [6.07, 6.45) is 0. The summed E-state index contributed by atoms with van der Waals surface area (Å²) in [6, 6.07) is 24.9. The molecule has 140 valence electrons. The summed E-state index contributed by atoms with van der Waals surface area (Å²) in [5.74, 6) is 1.41. The highest BCUT2D eigenvalue weighted by atomic mass is 15.0. The third-order valence-corrected chi connectivity index (χ3v) is 5.14. The molecule has 0 unspecified atom stereocenters. The molecule has 1 aromatic heterocycles. The normalized spacial score (nSPS) is 13.7. The lowest BCUT2D eigenvalue weighted by Crippen LogP contribution is -2.09. The van der Waals surface area contributed by atoms with Gasteiger partial charge in [-0.3, -0.25) is 0 Å². The Morgan fingerprint density at radius 3 is 2.23 bits per heavy atom. The van der Waals surface area contributed by atoms with Crippen molar-refractivity contribution in [2.45, 2.75) is 0 Å². The van der Waals surface area contributed by atoms with E-state index in [1.54, 1.807) is 12.1 Å². The summed E-state index contributed by atoms with van der Waals surface area (Å²) < 4.78 is 0. The minimum absolute atomic E-state index is 0.413. The van der Waals surface area contributed by atoms with E-state index in [0.29, 0.717) is 34.0 Å². The largest absolute Gasteiger partial charge is 0.383 e. The first-order valence-corrected chi connectivity index (χ1v) is 9.28. The van der Waals surface area contributed by atoms with Gasteiger partial charge in [-0.25, -0.2) is 9.98 Å². The van der Waals surface area contributed by atoms with Gasteiger partial charge in [-0.2, -0.15) is 10.5 Å². The number of aromatic nitrogens is 1. The molecule has 0 saturated heterocycles. The molecule has 5 rings (SSSR count). The number of hydrogen-bond donors (Lipinski definition) is 2. The van der Waals surface area contributed by atoms with Gasteiger partial charge < -0.3 is 10.7 Å². The fraction of sp³-hybridized carbons (Fsp3) is 0. The van der Waals surface area contributed by atoms with Gasteiger partial charge in [0.2, 0.25) is 0 Å². The first-order chi connectivity index (χ1) is 14.7. The molecule has 0 bridgehead atoms. The van der Waals surface area contributed by atoms with Gasteiger partial charge in [-0.1, -0.05) is 54.6 Å². The van der Waals surface area contributed by atoms with E-state index in [1.807, 2.05) is 54.6 Å². The zero-order valence-electron chi connectivity index (χ0n) is 15.7. The molecule has 0 atom stereocenters. The molecule has 3 aromatic carbocycles. The number of fused-ring (bicyclic) bond motifs is 2. The summed E-state index contributed by atoms with van der Waals surface area (Å²) in [4.78, 5) is 12.5. The van der Waals surface area contributed by atoms with Crippen LogP contribution in [0.3, 0.4) is 0 Å². The van der Waals surface area contributed by atoms with Crippen LogP contribution in [0.1, 0.15) is 22.3 Å². The zero-order chi connectivity index (χ0) is 20.7. The number of rotatable bonds is 2. The van der Waals surface area contributed by atoms with Crippen molar-refractivity contribution in [2.75, 3.05) is 0 Å². The second kappa shape index (κ2) is 6.73. The average molecular weight is 386 g/mol. The van der Waals surface area contributed by atoms with Crippen molar-refractivity contribution in [3.05, 3.63) is 89.0 Å². The number of aromatic amines is 1. The number of hydrogen-bond acceptors (Lipinski definition) is 4. The maximum Gasteiger partial charge on any atom is 0.164 e. The van der Waals surface area contributed by atoms with Crippen molar-refractivity contribution in [1.82, 2.24) is 4.98 Å². The van der Waals surface area contributed by atoms with Crippen molar-refractivity contribution in [2.24, 2.45) is 15.7 Å². The van der Waals surface area contributed by atoms with Gasteiger partial charge in [0.25, 0.3) is 0 Å². The van der Waals surface area contributed by atoms with Gasteiger partial charge in [0.05, 0.1) is 29.0 Å². The van der Waals surface area contributed by atoms with Crippen LogP contribution in [0.2, 0.25) is 0 Å². The molecule has 1 aliphatic rings. The van der Waals surface area contributed by atoms with E-state index >= 15 is 0 Å². The molecular formula is C24H14N6. The Morgan fingerprint density at radius 2 is 1.47 bits per heavy atom. The molecule has 6 nitrogen and oxygen atoms in total. The maximum atomic E-state index is 9.69. The lowest BCUT2D eigenvalue weighted by Gasteiger charge is -2.02. The van der Waals surface area contributed by atoms with Gasteiger partial charge in [0.1, 0.15) is 11.7 Å². The molecule has 30 heavy (non-hydrogen) atoms. The van der Waals surface area contributed by atoms with Gasteiger partial charge in [0.15, 0.2) is 5.84 Å². The highest BCUT2D eigenvalue weighted by Crippen LogP contribution is 2.38. The monoisotopic (exact) mass is 386 g/mol. The summed E-state index contributed by atoms with van der Waals surface area (Å²) in [5.41, 5.74) is 10.3. The minimum atomic E-state index is 0.413. The van der Waals surface area contributed by atoms with E-state index in [0.717, 1.165) is 27.8 Å². The lowest BCUT2D eigenvalue weighted by molar-refractivity contribution is 1.33. The Balaban J connectivity index is 1.81. The van der Waals surface area contributed by atoms with Crippen molar-refractivity contribution in [3.8, 4) is 23.4 Å². The Kier molecular flexibility index (Phi) is 3.91. The standard InChI is InChI=1S/C24H14N6/c25-12-14-6-1-2-8-16(14)21-19-11-5-7-15(13-26)20(19)24(28-21)30-23-18-10-4-3-9-17(18)22(27)29-23/h1-11,28H,(H2,27,29,30). The third-order valence-electron chi connectivity index (χ3n) is 5.14. The molecule has 0 aliphatic carbocycles. The van der Waals surface area contributed by atoms with E-state index in [2.05, 4.69) is 22.1 Å². The molecule has 0 amide bonds. The number of nitrogens with zero attached hydrogens (tertiary/aromatic N) is 4. The molecule has 1 aliphatic heterocycles. The van der Waals surface area contributed by atoms with Crippen LogP contribution in [-0.2, 0) is 0 Å². The van der Waals surface area contributed by atoms with E-state index < -0.39 is 0 Å². The first kappa shape index (κ1) is 17.4. The van der Waals surface area contributed by atoms with Crippen molar-refractivity contribution in [1.29, 1.82) is 10.5 Å². The molecule has 4 aromatic rings. The van der Waals surface area contributed by atoms with Crippen LogP contribution >= 0.6 is 0 Å². The number of H-pyrrole nitrogens is 1. The van der Waals surface area contributed by atoms with E-state index in [9.17, 15) is 10.5 Å². The van der Waals surface area contributed by atoms with E-state index in [-0.39, 0.29) is 0 Å². The third kappa shape index (κ3) is 2.56. The number of nitriles is 2. The number of amidine groups is 2. The molecular weight excluding hydrogens is 372 g/mol. The van der Waals surface area contributed by atoms with Crippen LogP contribution < -0.4 is 5.73 Å². The first-order valence-electron chi connectivity index (χ1n) is 9.28. The predicted molar refractivity (Wildman–Crippen MR) is 117 cm³/mol. The van der Waals surface area contributed by atoms with Gasteiger partial charge in [0, 0.05) is 27.5 Å².